The van der Waals surface area contributed by atoms with Gasteiger partial charge in [-0.15, -0.1) is 0 Å². The van der Waals surface area contributed by atoms with E-state index < -0.39 is 0 Å². The number of carbonyl (C=O) groups is 1. The molecule has 3 atom stereocenters. The van der Waals surface area contributed by atoms with E-state index in [2.05, 4.69) is 15.3 Å². The SMILES string of the molecule is CC(NC(=O)[C@H]1C[C@@H]1c1nc2ccccc2[nH]1)c1ccc2c(c1)OCCO2. The number of hydrogen-bond donors (Lipinski definition) is 2. The van der Waals surface area contributed by atoms with Crippen LogP contribution in [-0.2, 0) is 4.79 Å². The predicted octanol–water partition coefficient (Wildman–Crippen LogP) is 3.32. The average molecular weight is 363 g/mol. The molecule has 6 nitrogen and oxygen atoms in total. The maximum atomic E-state index is 12.7. The molecule has 6 heteroatoms. The topological polar surface area (TPSA) is 76.2 Å². The van der Waals surface area contributed by atoms with Gasteiger partial charge >= 0.3 is 0 Å². The fourth-order valence-electron chi connectivity index (χ4n) is 3.67. The quantitative estimate of drug-likeness (QED) is 0.746. The van der Waals surface area contributed by atoms with Crippen LogP contribution in [0.3, 0.4) is 0 Å². The molecule has 3 aromatic rings. The van der Waals surface area contributed by atoms with Gasteiger partial charge in [0.15, 0.2) is 11.5 Å². The largest absolute Gasteiger partial charge is 0.486 e. The molecule has 1 unspecified atom stereocenters. The Morgan fingerprint density at radius 1 is 1.19 bits per heavy atom. The molecule has 0 radical (unpaired) electrons. The second-order valence-electron chi connectivity index (χ2n) is 7.22. The van der Waals surface area contributed by atoms with Gasteiger partial charge in [0.2, 0.25) is 5.91 Å². The number of imidazole rings is 1. The van der Waals surface area contributed by atoms with E-state index in [1.807, 2.05) is 49.4 Å². The molecule has 1 fully saturated rings. The maximum Gasteiger partial charge on any atom is 0.224 e. The third-order valence-electron chi connectivity index (χ3n) is 5.31. The first-order chi connectivity index (χ1) is 13.2. The third kappa shape index (κ3) is 3.01. The van der Waals surface area contributed by atoms with Gasteiger partial charge in [-0.2, -0.15) is 0 Å². The minimum absolute atomic E-state index is 0.0229. The van der Waals surface area contributed by atoms with E-state index in [1.165, 1.54) is 0 Å². The van der Waals surface area contributed by atoms with Gasteiger partial charge < -0.3 is 19.8 Å². The lowest BCUT2D eigenvalue weighted by atomic mass is 10.1. The zero-order valence-electron chi connectivity index (χ0n) is 15.1. The van der Waals surface area contributed by atoms with Gasteiger partial charge in [-0.1, -0.05) is 18.2 Å². The molecule has 2 heterocycles. The molecular formula is C21H21N3O3. The molecule has 0 spiro atoms. The minimum atomic E-state index is -0.0924. The summed E-state index contributed by atoms with van der Waals surface area (Å²) in [6.45, 7) is 3.11. The number of aromatic nitrogens is 2. The number of ether oxygens (including phenoxy) is 2. The standard InChI is InChI=1S/C21H21N3O3/c1-12(13-6-7-18-19(10-13)27-9-8-26-18)22-21(25)15-11-14(15)20-23-16-4-2-3-5-17(16)24-20/h2-7,10,12,14-15H,8-9,11H2,1H3,(H,22,25)(H,23,24)/t12?,14-,15-/m0/s1. The summed E-state index contributed by atoms with van der Waals surface area (Å²) in [5, 5.41) is 3.12. The van der Waals surface area contributed by atoms with Crippen LogP contribution in [-0.4, -0.2) is 29.1 Å². The molecule has 138 valence electrons. The maximum absolute atomic E-state index is 12.7. The van der Waals surface area contributed by atoms with Crippen LogP contribution >= 0.6 is 0 Å². The van der Waals surface area contributed by atoms with Crippen LogP contribution in [0, 0.1) is 5.92 Å². The lowest BCUT2D eigenvalue weighted by Gasteiger charge is -2.21. The summed E-state index contributed by atoms with van der Waals surface area (Å²) in [6, 6.07) is 13.7. The average Bonchev–Trinajstić information content (AvgIpc) is 3.39. The monoisotopic (exact) mass is 363 g/mol. The molecule has 0 bridgehead atoms. The third-order valence-corrected chi connectivity index (χ3v) is 5.31. The van der Waals surface area contributed by atoms with Gasteiger partial charge in [-0.05, 0) is 43.2 Å². The Kier molecular flexibility index (Phi) is 3.77. The molecule has 27 heavy (non-hydrogen) atoms. The van der Waals surface area contributed by atoms with E-state index in [-0.39, 0.29) is 23.8 Å². The summed E-state index contributed by atoms with van der Waals surface area (Å²) < 4.78 is 11.2. The van der Waals surface area contributed by atoms with Crippen LogP contribution < -0.4 is 14.8 Å². The van der Waals surface area contributed by atoms with Gasteiger partial charge in [-0.25, -0.2) is 4.98 Å². The molecule has 1 aliphatic heterocycles. The van der Waals surface area contributed by atoms with Crippen molar-refractivity contribution in [2.75, 3.05) is 13.2 Å². The lowest BCUT2D eigenvalue weighted by molar-refractivity contribution is -0.123. The van der Waals surface area contributed by atoms with Crippen molar-refractivity contribution in [1.29, 1.82) is 0 Å². The van der Waals surface area contributed by atoms with Gasteiger partial charge in [-0.3, -0.25) is 4.79 Å². The van der Waals surface area contributed by atoms with Gasteiger partial charge in [0.05, 0.1) is 17.1 Å². The van der Waals surface area contributed by atoms with E-state index in [4.69, 9.17) is 9.47 Å². The first-order valence-corrected chi connectivity index (χ1v) is 9.33. The predicted molar refractivity (Wildman–Crippen MR) is 101 cm³/mol. The number of amides is 1. The van der Waals surface area contributed by atoms with E-state index in [0.29, 0.717) is 13.2 Å². The highest BCUT2D eigenvalue weighted by molar-refractivity contribution is 5.83. The first-order valence-electron chi connectivity index (χ1n) is 9.33. The van der Waals surface area contributed by atoms with Crippen LogP contribution in [0.25, 0.3) is 11.0 Å². The van der Waals surface area contributed by atoms with E-state index in [0.717, 1.165) is 40.3 Å². The van der Waals surface area contributed by atoms with Crippen LogP contribution in [0.1, 0.15) is 36.7 Å². The Labute approximate surface area is 156 Å². The Morgan fingerprint density at radius 3 is 2.85 bits per heavy atom. The van der Waals surface area contributed by atoms with Crippen LogP contribution in [0.4, 0.5) is 0 Å². The minimum Gasteiger partial charge on any atom is -0.486 e. The van der Waals surface area contributed by atoms with Crippen molar-refractivity contribution in [3.05, 3.63) is 53.9 Å². The number of H-pyrrole nitrogens is 1. The molecule has 1 saturated carbocycles. The zero-order chi connectivity index (χ0) is 18.4. The number of carbonyl (C=O) groups excluding carboxylic acids is 1. The molecule has 1 aromatic heterocycles. The second kappa shape index (κ2) is 6.30. The Bertz CT molecular complexity index is 980. The smallest absolute Gasteiger partial charge is 0.224 e. The van der Waals surface area contributed by atoms with Gasteiger partial charge in [0.1, 0.15) is 19.0 Å². The molecular weight excluding hydrogens is 342 g/mol. The van der Waals surface area contributed by atoms with Crippen LogP contribution in [0.15, 0.2) is 42.5 Å². The van der Waals surface area contributed by atoms with Crippen molar-refractivity contribution in [1.82, 2.24) is 15.3 Å². The fourth-order valence-corrected chi connectivity index (χ4v) is 3.67. The zero-order valence-corrected chi connectivity index (χ0v) is 15.1. The summed E-state index contributed by atoms with van der Waals surface area (Å²) in [7, 11) is 0. The van der Waals surface area contributed by atoms with Crippen molar-refractivity contribution in [2.24, 2.45) is 5.92 Å². The van der Waals surface area contributed by atoms with Gasteiger partial charge in [0, 0.05) is 11.8 Å². The van der Waals surface area contributed by atoms with E-state index >= 15 is 0 Å². The lowest BCUT2D eigenvalue weighted by Crippen LogP contribution is -2.28. The van der Waals surface area contributed by atoms with Crippen molar-refractivity contribution >= 4 is 16.9 Å². The normalized spacial score (nSPS) is 21.7. The highest BCUT2D eigenvalue weighted by Gasteiger charge is 2.46. The number of aromatic amines is 1. The highest BCUT2D eigenvalue weighted by atomic mass is 16.6. The number of fused-ring (bicyclic) bond motifs is 2. The van der Waals surface area contributed by atoms with Crippen LogP contribution in [0.2, 0.25) is 0 Å². The number of hydrogen-bond acceptors (Lipinski definition) is 4. The molecule has 1 amide bonds. The van der Waals surface area contributed by atoms with Crippen molar-refractivity contribution in [3.63, 3.8) is 0 Å². The summed E-state index contributed by atoms with van der Waals surface area (Å²) in [5.74, 6) is 2.63. The highest BCUT2D eigenvalue weighted by Crippen LogP contribution is 2.47. The number of para-hydroxylation sites is 2. The number of nitrogens with zero attached hydrogens (tertiary/aromatic N) is 1. The molecule has 0 saturated heterocycles. The molecule has 2 aromatic carbocycles. The van der Waals surface area contributed by atoms with E-state index in [1.54, 1.807) is 0 Å². The molecule has 2 aliphatic rings. The summed E-state index contributed by atoms with van der Waals surface area (Å²) in [6.07, 6.45) is 0.833. The van der Waals surface area contributed by atoms with Gasteiger partial charge in [0.25, 0.3) is 0 Å². The second-order valence-corrected chi connectivity index (χ2v) is 7.22. The van der Waals surface area contributed by atoms with Crippen molar-refractivity contribution in [3.8, 4) is 11.5 Å². The number of rotatable bonds is 4. The number of nitrogens with one attached hydrogen (secondary N) is 2. The van der Waals surface area contributed by atoms with Crippen LogP contribution in [0.5, 0.6) is 11.5 Å². The van der Waals surface area contributed by atoms with Crippen molar-refractivity contribution < 1.29 is 14.3 Å². The molecule has 1 aliphatic carbocycles. The summed E-state index contributed by atoms with van der Waals surface area (Å²) in [4.78, 5) is 20.6. The summed E-state index contributed by atoms with van der Waals surface area (Å²) in [5.41, 5.74) is 2.97. The fraction of sp³-hybridized carbons (Fsp3) is 0.333. The Hall–Kier alpha value is -3.02. The van der Waals surface area contributed by atoms with Crippen molar-refractivity contribution in [2.45, 2.75) is 25.3 Å². The van der Waals surface area contributed by atoms with E-state index in [9.17, 15) is 4.79 Å². The summed E-state index contributed by atoms with van der Waals surface area (Å²) >= 11 is 0. The molecule has 5 rings (SSSR count). The number of benzene rings is 2. The Morgan fingerprint density at radius 2 is 2.00 bits per heavy atom. The Balaban J connectivity index is 1.25. The first kappa shape index (κ1) is 16.2. The molecule has 2 N–H and O–H groups in total.